The van der Waals surface area contributed by atoms with E-state index in [0.29, 0.717) is 22.6 Å². The molecule has 0 aliphatic carbocycles. The highest BCUT2D eigenvalue weighted by atomic mass is 35.5. The van der Waals surface area contributed by atoms with Crippen molar-refractivity contribution in [3.63, 3.8) is 0 Å². The van der Waals surface area contributed by atoms with Crippen LogP contribution in [0.25, 0.3) is 10.9 Å². The van der Waals surface area contributed by atoms with Crippen molar-refractivity contribution in [1.82, 2.24) is 9.88 Å². The van der Waals surface area contributed by atoms with Crippen molar-refractivity contribution in [1.29, 1.82) is 0 Å². The van der Waals surface area contributed by atoms with Gasteiger partial charge in [-0.15, -0.1) is 0 Å². The minimum absolute atomic E-state index is 0.0945. The topological polar surface area (TPSA) is 36.4 Å². The van der Waals surface area contributed by atoms with Gasteiger partial charge >= 0.3 is 0 Å². The van der Waals surface area contributed by atoms with Crippen LogP contribution in [0.4, 0.5) is 10.1 Å². The van der Waals surface area contributed by atoms with E-state index in [2.05, 4.69) is 4.98 Å². The highest BCUT2D eigenvalue weighted by Gasteiger charge is 2.28. The lowest BCUT2D eigenvalue weighted by atomic mass is 9.96. The fourth-order valence-electron chi connectivity index (χ4n) is 3.15. The zero-order valence-corrected chi connectivity index (χ0v) is 14.0. The summed E-state index contributed by atoms with van der Waals surface area (Å²) in [6.07, 6.45) is 3.21. The SMILES string of the molecule is CN(C)C(=O)C1CCCN(c2ccc3c(Cl)ccnc3c2F)C1. The Morgan fingerprint density at radius 2 is 2.17 bits per heavy atom. The Morgan fingerprint density at radius 3 is 2.91 bits per heavy atom. The van der Waals surface area contributed by atoms with E-state index in [1.165, 1.54) is 6.20 Å². The largest absolute Gasteiger partial charge is 0.368 e. The Balaban J connectivity index is 1.94. The third-order valence-electron chi connectivity index (χ3n) is 4.33. The molecule has 1 unspecified atom stereocenters. The number of hydrogen-bond donors (Lipinski definition) is 0. The molecule has 1 aliphatic heterocycles. The van der Waals surface area contributed by atoms with Crippen LogP contribution in [0.2, 0.25) is 5.02 Å². The van der Waals surface area contributed by atoms with Crippen molar-refractivity contribution >= 4 is 34.1 Å². The summed E-state index contributed by atoms with van der Waals surface area (Å²) in [5.74, 6) is -0.374. The number of halogens is 2. The molecular formula is C17H19ClFN3O. The number of fused-ring (bicyclic) bond motifs is 1. The molecule has 1 aromatic carbocycles. The van der Waals surface area contributed by atoms with Gasteiger partial charge < -0.3 is 9.80 Å². The number of aromatic nitrogens is 1. The second-order valence-corrected chi connectivity index (χ2v) is 6.51. The molecule has 2 heterocycles. The molecule has 1 aliphatic rings. The molecule has 2 aromatic rings. The van der Waals surface area contributed by atoms with E-state index < -0.39 is 0 Å². The Labute approximate surface area is 139 Å². The summed E-state index contributed by atoms with van der Waals surface area (Å²) in [5.41, 5.74) is 0.764. The van der Waals surface area contributed by atoms with Crippen molar-refractivity contribution < 1.29 is 9.18 Å². The number of benzene rings is 1. The number of rotatable bonds is 2. The molecule has 1 atom stereocenters. The predicted octanol–water partition coefficient (Wildman–Crippen LogP) is 3.33. The highest BCUT2D eigenvalue weighted by molar-refractivity contribution is 6.35. The molecule has 0 N–H and O–H groups in total. The molecule has 122 valence electrons. The number of anilines is 1. The van der Waals surface area contributed by atoms with Gasteiger partial charge in [0.25, 0.3) is 0 Å². The quantitative estimate of drug-likeness (QED) is 0.844. The lowest BCUT2D eigenvalue weighted by molar-refractivity contribution is -0.133. The van der Waals surface area contributed by atoms with Gasteiger partial charge in [0.1, 0.15) is 5.52 Å². The maximum absolute atomic E-state index is 14.9. The first kappa shape index (κ1) is 16.0. The van der Waals surface area contributed by atoms with Crippen LogP contribution >= 0.6 is 11.6 Å². The third kappa shape index (κ3) is 2.98. The van der Waals surface area contributed by atoms with Crippen molar-refractivity contribution in [2.75, 3.05) is 32.1 Å². The van der Waals surface area contributed by atoms with Crippen LogP contribution in [0, 0.1) is 11.7 Å². The second-order valence-electron chi connectivity index (χ2n) is 6.11. The van der Waals surface area contributed by atoms with E-state index in [1.54, 1.807) is 37.2 Å². The Bertz CT molecular complexity index is 750. The van der Waals surface area contributed by atoms with Crippen molar-refractivity contribution in [2.24, 2.45) is 5.92 Å². The number of amides is 1. The Kier molecular flexibility index (Phi) is 4.39. The van der Waals surface area contributed by atoms with Crippen LogP contribution in [0.5, 0.6) is 0 Å². The molecule has 1 saturated heterocycles. The molecule has 6 heteroatoms. The minimum atomic E-state index is -0.372. The molecule has 1 fully saturated rings. The normalized spacial score (nSPS) is 18.3. The summed E-state index contributed by atoms with van der Waals surface area (Å²) in [5, 5.41) is 1.09. The van der Waals surface area contributed by atoms with Gasteiger partial charge in [0, 0.05) is 38.8 Å². The minimum Gasteiger partial charge on any atom is -0.368 e. The maximum Gasteiger partial charge on any atom is 0.226 e. The van der Waals surface area contributed by atoms with E-state index in [4.69, 9.17) is 11.6 Å². The molecule has 0 bridgehead atoms. The summed E-state index contributed by atoms with van der Waals surface area (Å²) < 4.78 is 14.9. The first-order valence-corrected chi connectivity index (χ1v) is 8.05. The van der Waals surface area contributed by atoms with Crippen LogP contribution in [-0.2, 0) is 4.79 Å². The van der Waals surface area contributed by atoms with E-state index >= 15 is 0 Å². The van der Waals surface area contributed by atoms with Crippen molar-refractivity contribution in [2.45, 2.75) is 12.8 Å². The molecule has 0 saturated carbocycles. The zero-order valence-electron chi connectivity index (χ0n) is 13.2. The van der Waals surface area contributed by atoms with Crippen LogP contribution < -0.4 is 4.90 Å². The van der Waals surface area contributed by atoms with Gasteiger partial charge in [-0.2, -0.15) is 0 Å². The predicted molar refractivity (Wildman–Crippen MR) is 90.3 cm³/mol. The molecule has 4 nitrogen and oxygen atoms in total. The number of pyridine rings is 1. The summed E-state index contributed by atoms with van der Waals surface area (Å²) in [4.78, 5) is 19.9. The van der Waals surface area contributed by atoms with Gasteiger partial charge in [0.2, 0.25) is 5.91 Å². The number of hydrogen-bond acceptors (Lipinski definition) is 3. The van der Waals surface area contributed by atoms with E-state index in [0.717, 1.165) is 19.4 Å². The second kappa shape index (κ2) is 6.32. The molecule has 3 rings (SSSR count). The Hall–Kier alpha value is -1.88. The molecule has 0 spiro atoms. The molecule has 0 radical (unpaired) electrons. The summed E-state index contributed by atoms with van der Waals surface area (Å²) in [6.45, 7) is 1.26. The molecule has 1 amide bonds. The first-order chi connectivity index (χ1) is 11.0. The van der Waals surface area contributed by atoms with Crippen molar-refractivity contribution in [3.05, 3.63) is 35.2 Å². The number of nitrogens with zero attached hydrogens (tertiary/aromatic N) is 3. The van der Waals surface area contributed by atoms with Crippen LogP contribution in [0.3, 0.4) is 0 Å². The van der Waals surface area contributed by atoms with Gasteiger partial charge in [0.05, 0.1) is 16.6 Å². The lowest BCUT2D eigenvalue weighted by Crippen LogP contribution is -2.43. The maximum atomic E-state index is 14.9. The number of carbonyl (C=O) groups is 1. The fourth-order valence-corrected chi connectivity index (χ4v) is 3.36. The van der Waals surface area contributed by atoms with Crippen LogP contribution in [-0.4, -0.2) is 43.0 Å². The zero-order chi connectivity index (χ0) is 16.6. The summed E-state index contributed by atoms with van der Waals surface area (Å²) in [7, 11) is 3.51. The van der Waals surface area contributed by atoms with Gasteiger partial charge in [0.15, 0.2) is 5.82 Å². The van der Waals surface area contributed by atoms with Gasteiger partial charge in [-0.3, -0.25) is 9.78 Å². The molecule has 23 heavy (non-hydrogen) atoms. The average molecular weight is 336 g/mol. The number of piperidine rings is 1. The van der Waals surface area contributed by atoms with Crippen molar-refractivity contribution in [3.8, 4) is 0 Å². The fraction of sp³-hybridized carbons (Fsp3) is 0.412. The summed E-state index contributed by atoms with van der Waals surface area (Å²) in [6, 6.07) is 5.17. The third-order valence-corrected chi connectivity index (χ3v) is 4.66. The first-order valence-electron chi connectivity index (χ1n) is 7.68. The molecule has 1 aromatic heterocycles. The average Bonchev–Trinajstić information content (AvgIpc) is 2.55. The van der Waals surface area contributed by atoms with E-state index in [1.807, 2.05) is 4.90 Å². The Morgan fingerprint density at radius 1 is 1.39 bits per heavy atom. The van der Waals surface area contributed by atoms with E-state index in [9.17, 15) is 9.18 Å². The van der Waals surface area contributed by atoms with Gasteiger partial charge in [-0.05, 0) is 31.0 Å². The smallest absolute Gasteiger partial charge is 0.226 e. The van der Waals surface area contributed by atoms with Gasteiger partial charge in [-0.25, -0.2) is 4.39 Å². The highest BCUT2D eigenvalue weighted by Crippen LogP contribution is 2.32. The van der Waals surface area contributed by atoms with E-state index in [-0.39, 0.29) is 23.2 Å². The summed E-state index contributed by atoms with van der Waals surface area (Å²) >= 11 is 6.10. The standard InChI is InChI=1S/C17H19ClFN3O/c1-21(2)17(23)11-4-3-9-22(10-11)14-6-5-12-13(18)7-8-20-16(12)15(14)19/h5-8,11H,3-4,9-10H2,1-2H3. The number of carbonyl (C=O) groups excluding carboxylic acids is 1. The van der Waals surface area contributed by atoms with Crippen LogP contribution in [0.1, 0.15) is 12.8 Å². The monoisotopic (exact) mass is 335 g/mol. The van der Waals surface area contributed by atoms with Crippen LogP contribution in [0.15, 0.2) is 24.4 Å². The lowest BCUT2D eigenvalue weighted by Gasteiger charge is -2.35. The van der Waals surface area contributed by atoms with Gasteiger partial charge in [-0.1, -0.05) is 11.6 Å². The molecular weight excluding hydrogens is 317 g/mol.